The molecule has 0 aromatic carbocycles. The van der Waals surface area contributed by atoms with Crippen molar-refractivity contribution >= 4 is 27.8 Å². The highest BCUT2D eigenvalue weighted by Gasteiger charge is 2.30. The van der Waals surface area contributed by atoms with Crippen LogP contribution < -0.4 is 0 Å². The molecule has 16 heavy (non-hydrogen) atoms. The molecule has 5 heteroatoms. The summed E-state index contributed by atoms with van der Waals surface area (Å²) in [5, 5.41) is 0. The van der Waals surface area contributed by atoms with Crippen LogP contribution in [0.5, 0.6) is 0 Å². The third-order valence-electron chi connectivity index (χ3n) is 2.88. The predicted molar refractivity (Wildman–Crippen MR) is 64.4 cm³/mol. The number of likely N-dealkylation sites (tertiary alicyclic amines) is 1. The second-order valence-electron chi connectivity index (χ2n) is 4.08. The van der Waals surface area contributed by atoms with Gasteiger partial charge < -0.3 is 9.64 Å². The van der Waals surface area contributed by atoms with Crippen LogP contribution in [0.3, 0.4) is 0 Å². The lowest BCUT2D eigenvalue weighted by molar-refractivity contribution is -0.144. The van der Waals surface area contributed by atoms with E-state index in [4.69, 9.17) is 0 Å². The van der Waals surface area contributed by atoms with Gasteiger partial charge in [0.15, 0.2) is 0 Å². The maximum atomic E-state index is 11.9. The number of alkyl halides is 1. The van der Waals surface area contributed by atoms with Gasteiger partial charge in [0.2, 0.25) is 5.91 Å². The maximum absolute atomic E-state index is 11.9. The van der Waals surface area contributed by atoms with Crippen LogP contribution in [-0.4, -0.2) is 41.3 Å². The molecule has 0 N–H and O–H groups in total. The highest BCUT2D eigenvalue weighted by molar-refractivity contribution is 9.10. The standard InChI is InChI=1S/C11H18BrNO3/c1-8(12)11(15)13-6-4-3-5-9(13)7-10(14)16-2/h8-9H,3-7H2,1-2H3. The van der Waals surface area contributed by atoms with Gasteiger partial charge in [-0.15, -0.1) is 0 Å². The summed E-state index contributed by atoms with van der Waals surface area (Å²) in [6.45, 7) is 2.56. The minimum absolute atomic E-state index is 0.00806. The summed E-state index contributed by atoms with van der Waals surface area (Å²) in [5.41, 5.74) is 0. The molecule has 2 atom stereocenters. The van der Waals surface area contributed by atoms with Crippen LogP contribution in [0.25, 0.3) is 0 Å². The molecule has 0 bridgehead atoms. The van der Waals surface area contributed by atoms with Crippen molar-refractivity contribution in [3.8, 4) is 0 Å². The number of hydrogen-bond donors (Lipinski definition) is 0. The molecule has 1 rings (SSSR count). The first-order chi connectivity index (χ1) is 7.56. The van der Waals surface area contributed by atoms with Gasteiger partial charge in [0, 0.05) is 12.6 Å². The van der Waals surface area contributed by atoms with E-state index in [9.17, 15) is 9.59 Å². The van der Waals surface area contributed by atoms with E-state index in [0.29, 0.717) is 6.42 Å². The van der Waals surface area contributed by atoms with Gasteiger partial charge in [-0.2, -0.15) is 0 Å². The normalized spacial score (nSPS) is 22.7. The summed E-state index contributed by atoms with van der Waals surface area (Å²) in [6.07, 6.45) is 3.29. The fourth-order valence-corrected chi connectivity index (χ4v) is 2.27. The molecular formula is C11H18BrNO3. The largest absolute Gasteiger partial charge is 0.469 e. The Labute approximate surface area is 104 Å². The van der Waals surface area contributed by atoms with Gasteiger partial charge in [-0.1, -0.05) is 15.9 Å². The van der Waals surface area contributed by atoms with Crippen LogP contribution in [0, 0.1) is 0 Å². The Hall–Kier alpha value is -0.580. The topological polar surface area (TPSA) is 46.6 Å². The molecule has 1 aliphatic rings. The third-order valence-corrected chi connectivity index (χ3v) is 3.27. The maximum Gasteiger partial charge on any atom is 0.307 e. The van der Waals surface area contributed by atoms with Gasteiger partial charge in [-0.3, -0.25) is 9.59 Å². The number of rotatable bonds is 3. The van der Waals surface area contributed by atoms with Crippen molar-refractivity contribution in [1.82, 2.24) is 4.90 Å². The predicted octanol–water partition coefficient (Wildman–Crippen LogP) is 1.71. The molecule has 0 saturated carbocycles. The summed E-state index contributed by atoms with van der Waals surface area (Å²) >= 11 is 3.28. The molecule has 2 unspecified atom stereocenters. The molecule has 0 aliphatic carbocycles. The first-order valence-electron chi connectivity index (χ1n) is 5.57. The molecular weight excluding hydrogens is 274 g/mol. The lowest BCUT2D eigenvalue weighted by Crippen LogP contribution is -2.47. The van der Waals surface area contributed by atoms with Gasteiger partial charge in [-0.25, -0.2) is 0 Å². The Balaban J connectivity index is 2.63. The molecule has 1 aliphatic heterocycles. The Morgan fingerprint density at radius 1 is 1.50 bits per heavy atom. The van der Waals surface area contributed by atoms with Crippen molar-refractivity contribution < 1.29 is 14.3 Å². The Kier molecular flexibility index (Phi) is 5.25. The third kappa shape index (κ3) is 3.47. The van der Waals surface area contributed by atoms with E-state index in [1.807, 2.05) is 6.92 Å². The monoisotopic (exact) mass is 291 g/mol. The van der Waals surface area contributed by atoms with Crippen molar-refractivity contribution in [3.63, 3.8) is 0 Å². The zero-order valence-corrected chi connectivity index (χ0v) is 11.3. The minimum Gasteiger partial charge on any atom is -0.469 e. The number of ether oxygens (including phenoxy) is 1. The molecule has 1 amide bonds. The summed E-state index contributed by atoms with van der Waals surface area (Å²) in [7, 11) is 1.38. The fourth-order valence-electron chi connectivity index (χ4n) is 2.01. The highest BCUT2D eigenvalue weighted by atomic mass is 79.9. The molecule has 92 valence electrons. The number of esters is 1. The number of nitrogens with zero attached hydrogens (tertiary/aromatic N) is 1. The first kappa shape index (κ1) is 13.5. The van der Waals surface area contributed by atoms with Crippen molar-refractivity contribution in [2.45, 2.75) is 43.5 Å². The number of hydrogen-bond acceptors (Lipinski definition) is 3. The number of halogens is 1. The highest BCUT2D eigenvalue weighted by Crippen LogP contribution is 2.22. The van der Waals surface area contributed by atoms with Crippen LogP contribution in [0.2, 0.25) is 0 Å². The average Bonchev–Trinajstić information content (AvgIpc) is 2.28. The molecule has 0 aromatic heterocycles. The smallest absolute Gasteiger partial charge is 0.307 e. The molecule has 0 radical (unpaired) electrons. The molecule has 1 fully saturated rings. The summed E-state index contributed by atoms with van der Waals surface area (Å²) in [6, 6.07) is 0.00806. The van der Waals surface area contributed by atoms with Crippen molar-refractivity contribution in [3.05, 3.63) is 0 Å². The lowest BCUT2D eigenvalue weighted by atomic mass is 9.99. The van der Waals surface area contributed by atoms with Crippen molar-refractivity contribution in [2.24, 2.45) is 0 Å². The van der Waals surface area contributed by atoms with Gasteiger partial charge in [-0.05, 0) is 26.2 Å². The number of piperidine rings is 1. The molecule has 0 spiro atoms. The van der Waals surface area contributed by atoms with E-state index in [1.165, 1.54) is 7.11 Å². The molecule has 4 nitrogen and oxygen atoms in total. The SMILES string of the molecule is COC(=O)CC1CCCCN1C(=O)C(C)Br. The van der Waals surface area contributed by atoms with E-state index in [1.54, 1.807) is 4.90 Å². The van der Waals surface area contributed by atoms with E-state index in [2.05, 4.69) is 20.7 Å². The zero-order valence-electron chi connectivity index (χ0n) is 9.74. The van der Waals surface area contributed by atoms with E-state index in [-0.39, 0.29) is 22.7 Å². The summed E-state index contributed by atoms with van der Waals surface area (Å²) in [4.78, 5) is 24.8. The number of methoxy groups -OCH3 is 1. The van der Waals surface area contributed by atoms with Crippen LogP contribution in [0.1, 0.15) is 32.6 Å². The van der Waals surface area contributed by atoms with Gasteiger partial charge >= 0.3 is 5.97 Å². The number of carbonyl (C=O) groups excluding carboxylic acids is 2. The Bertz CT molecular complexity index is 268. The number of carbonyl (C=O) groups is 2. The second kappa shape index (κ2) is 6.23. The van der Waals surface area contributed by atoms with Crippen LogP contribution in [0.15, 0.2) is 0 Å². The fraction of sp³-hybridized carbons (Fsp3) is 0.818. The van der Waals surface area contributed by atoms with Gasteiger partial charge in [0.1, 0.15) is 0 Å². The minimum atomic E-state index is -0.244. The van der Waals surface area contributed by atoms with Crippen molar-refractivity contribution in [2.75, 3.05) is 13.7 Å². The van der Waals surface area contributed by atoms with Crippen LogP contribution in [-0.2, 0) is 14.3 Å². The summed E-state index contributed by atoms with van der Waals surface area (Å²) in [5.74, 6) is -0.180. The molecule has 0 aromatic rings. The van der Waals surface area contributed by atoms with E-state index >= 15 is 0 Å². The van der Waals surface area contributed by atoms with Gasteiger partial charge in [0.05, 0.1) is 18.4 Å². The Morgan fingerprint density at radius 3 is 2.75 bits per heavy atom. The lowest BCUT2D eigenvalue weighted by Gasteiger charge is -2.36. The van der Waals surface area contributed by atoms with Gasteiger partial charge in [0.25, 0.3) is 0 Å². The van der Waals surface area contributed by atoms with Crippen LogP contribution >= 0.6 is 15.9 Å². The van der Waals surface area contributed by atoms with E-state index < -0.39 is 0 Å². The second-order valence-corrected chi connectivity index (χ2v) is 5.45. The van der Waals surface area contributed by atoms with Crippen LogP contribution in [0.4, 0.5) is 0 Å². The van der Waals surface area contributed by atoms with Crippen molar-refractivity contribution in [1.29, 1.82) is 0 Å². The first-order valence-corrected chi connectivity index (χ1v) is 6.49. The average molecular weight is 292 g/mol. The quantitative estimate of drug-likeness (QED) is 0.587. The van der Waals surface area contributed by atoms with E-state index in [0.717, 1.165) is 25.8 Å². The summed E-state index contributed by atoms with van der Waals surface area (Å²) < 4.78 is 4.65. The Morgan fingerprint density at radius 2 is 2.19 bits per heavy atom. The zero-order chi connectivity index (χ0) is 12.1. The molecule has 1 saturated heterocycles. The molecule has 1 heterocycles. The number of amides is 1.